The van der Waals surface area contributed by atoms with Gasteiger partial charge < -0.3 is 11.1 Å². The van der Waals surface area contributed by atoms with Gasteiger partial charge in [0.05, 0.1) is 10.7 Å². The Balaban J connectivity index is 1.56. The van der Waals surface area contributed by atoms with E-state index in [0.29, 0.717) is 12.5 Å². The number of nitrogens with one attached hydrogen (secondary N) is 1. The molecule has 2 aromatic rings. The standard InChI is InChI=1S/C17H22N4S/c1-11-12(2)22-16(20-11)8-9-19-17(18)21-15-7-6-13-4-3-5-14(13)10-15/h6-7,10H,3-5,8-9H2,1-2H3,(H3,18,19,21). The number of thiazole rings is 1. The lowest BCUT2D eigenvalue weighted by Gasteiger charge is -2.07. The highest BCUT2D eigenvalue weighted by atomic mass is 32.1. The van der Waals surface area contributed by atoms with Gasteiger partial charge in [0.25, 0.3) is 0 Å². The number of rotatable bonds is 4. The molecule has 4 nitrogen and oxygen atoms in total. The summed E-state index contributed by atoms with van der Waals surface area (Å²) in [5.74, 6) is 0.475. The van der Waals surface area contributed by atoms with Crippen LogP contribution >= 0.6 is 11.3 Å². The van der Waals surface area contributed by atoms with Crippen molar-refractivity contribution in [3.05, 3.63) is 44.9 Å². The Bertz CT molecular complexity index is 683. The first-order valence-corrected chi connectivity index (χ1v) is 8.55. The van der Waals surface area contributed by atoms with Crippen LogP contribution in [-0.2, 0) is 19.3 Å². The SMILES string of the molecule is Cc1nc(CCN=C(N)Nc2ccc3c(c2)CCC3)sc1C. The van der Waals surface area contributed by atoms with Crippen molar-refractivity contribution in [2.75, 3.05) is 11.9 Å². The zero-order valence-electron chi connectivity index (χ0n) is 13.1. The summed E-state index contributed by atoms with van der Waals surface area (Å²) >= 11 is 1.74. The highest BCUT2D eigenvalue weighted by Crippen LogP contribution is 2.24. The summed E-state index contributed by atoms with van der Waals surface area (Å²) in [5.41, 5.74) is 11.0. The molecule has 5 heteroatoms. The summed E-state index contributed by atoms with van der Waals surface area (Å²) in [5, 5.41) is 4.31. The van der Waals surface area contributed by atoms with Crippen molar-refractivity contribution < 1.29 is 0 Å². The lowest BCUT2D eigenvalue weighted by atomic mass is 10.1. The predicted molar refractivity (Wildman–Crippen MR) is 93.9 cm³/mol. The molecule has 3 N–H and O–H groups in total. The van der Waals surface area contributed by atoms with Gasteiger partial charge in [-0.1, -0.05) is 6.07 Å². The third kappa shape index (κ3) is 3.47. The molecular formula is C17H22N4S. The van der Waals surface area contributed by atoms with Crippen molar-refractivity contribution in [2.45, 2.75) is 39.5 Å². The Labute approximate surface area is 135 Å². The van der Waals surface area contributed by atoms with Gasteiger partial charge >= 0.3 is 0 Å². The molecule has 0 amide bonds. The van der Waals surface area contributed by atoms with E-state index in [-0.39, 0.29) is 0 Å². The second-order valence-corrected chi connectivity index (χ2v) is 7.02. The van der Waals surface area contributed by atoms with E-state index in [9.17, 15) is 0 Å². The molecule has 116 valence electrons. The Kier molecular flexibility index (Phi) is 4.43. The van der Waals surface area contributed by atoms with E-state index in [1.165, 1.54) is 35.3 Å². The zero-order chi connectivity index (χ0) is 15.5. The summed E-state index contributed by atoms with van der Waals surface area (Å²) in [7, 11) is 0. The quantitative estimate of drug-likeness (QED) is 0.673. The molecule has 1 aromatic heterocycles. The van der Waals surface area contributed by atoms with Crippen molar-refractivity contribution in [3.8, 4) is 0 Å². The minimum absolute atomic E-state index is 0.475. The summed E-state index contributed by atoms with van der Waals surface area (Å²) < 4.78 is 0. The van der Waals surface area contributed by atoms with Crippen LogP contribution < -0.4 is 11.1 Å². The Morgan fingerprint density at radius 1 is 1.32 bits per heavy atom. The molecule has 0 unspecified atom stereocenters. The van der Waals surface area contributed by atoms with Gasteiger partial charge in [0.2, 0.25) is 0 Å². The van der Waals surface area contributed by atoms with E-state index in [4.69, 9.17) is 5.73 Å². The van der Waals surface area contributed by atoms with Gasteiger partial charge in [-0.15, -0.1) is 11.3 Å². The van der Waals surface area contributed by atoms with E-state index < -0.39 is 0 Å². The van der Waals surface area contributed by atoms with Crippen LogP contribution in [0.4, 0.5) is 5.69 Å². The number of guanidine groups is 1. The third-order valence-electron chi connectivity index (χ3n) is 4.05. The number of nitrogens with two attached hydrogens (primary N) is 1. The molecule has 0 aliphatic heterocycles. The van der Waals surface area contributed by atoms with Crippen LogP contribution in [0.5, 0.6) is 0 Å². The fourth-order valence-corrected chi connectivity index (χ4v) is 3.68. The first-order valence-electron chi connectivity index (χ1n) is 7.73. The summed E-state index contributed by atoms with van der Waals surface area (Å²) in [6.07, 6.45) is 4.47. The van der Waals surface area contributed by atoms with Gasteiger partial charge in [0.1, 0.15) is 0 Å². The van der Waals surface area contributed by atoms with Crippen LogP contribution in [0.3, 0.4) is 0 Å². The highest BCUT2D eigenvalue weighted by Gasteiger charge is 2.10. The molecule has 0 bridgehead atoms. The van der Waals surface area contributed by atoms with E-state index in [0.717, 1.165) is 22.8 Å². The summed E-state index contributed by atoms with van der Waals surface area (Å²) in [6.45, 7) is 4.81. The van der Waals surface area contributed by atoms with Crippen molar-refractivity contribution in [2.24, 2.45) is 10.7 Å². The van der Waals surface area contributed by atoms with Crippen LogP contribution in [0.2, 0.25) is 0 Å². The smallest absolute Gasteiger partial charge is 0.193 e. The molecule has 1 aliphatic rings. The van der Waals surface area contributed by atoms with Crippen LogP contribution in [0.1, 0.15) is 33.1 Å². The lowest BCUT2D eigenvalue weighted by molar-refractivity contribution is 0.912. The number of nitrogens with zero attached hydrogens (tertiary/aromatic N) is 2. The molecule has 3 rings (SSSR count). The van der Waals surface area contributed by atoms with E-state index >= 15 is 0 Å². The van der Waals surface area contributed by atoms with Gasteiger partial charge in [0.15, 0.2) is 5.96 Å². The van der Waals surface area contributed by atoms with Gasteiger partial charge in [-0.05, 0) is 56.4 Å². The van der Waals surface area contributed by atoms with Gasteiger partial charge in [-0.2, -0.15) is 0 Å². The molecule has 0 saturated heterocycles. The second kappa shape index (κ2) is 6.48. The number of hydrogen-bond acceptors (Lipinski definition) is 3. The molecule has 0 spiro atoms. The van der Waals surface area contributed by atoms with Crippen LogP contribution in [0.25, 0.3) is 0 Å². The molecule has 1 aromatic carbocycles. The van der Waals surface area contributed by atoms with Crippen molar-refractivity contribution in [3.63, 3.8) is 0 Å². The van der Waals surface area contributed by atoms with Crippen LogP contribution in [-0.4, -0.2) is 17.5 Å². The molecule has 1 heterocycles. The fourth-order valence-electron chi connectivity index (χ4n) is 2.76. The zero-order valence-corrected chi connectivity index (χ0v) is 14.0. The average Bonchev–Trinajstić information content (AvgIpc) is 3.05. The fraction of sp³-hybridized carbons (Fsp3) is 0.412. The largest absolute Gasteiger partial charge is 0.370 e. The minimum atomic E-state index is 0.475. The first-order chi connectivity index (χ1) is 10.6. The first kappa shape index (κ1) is 15.0. The van der Waals surface area contributed by atoms with Crippen molar-refractivity contribution in [1.29, 1.82) is 0 Å². The van der Waals surface area contributed by atoms with E-state index in [1.54, 1.807) is 11.3 Å². The maximum Gasteiger partial charge on any atom is 0.193 e. The number of hydrogen-bond donors (Lipinski definition) is 2. The van der Waals surface area contributed by atoms with Crippen molar-refractivity contribution >= 4 is 23.0 Å². The molecule has 0 saturated carbocycles. The lowest BCUT2D eigenvalue weighted by Crippen LogP contribution is -2.23. The van der Waals surface area contributed by atoms with Crippen LogP contribution in [0, 0.1) is 13.8 Å². The molecule has 0 radical (unpaired) electrons. The normalized spacial score (nSPS) is 14.2. The van der Waals surface area contributed by atoms with Crippen molar-refractivity contribution in [1.82, 2.24) is 4.98 Å². The number of anilines is 1. The molecular weight excluding hydrogens is 292 g/mol. The maximum absolute atomic E-state index is 5.97. The average molecular weight is 314 g/mol. The predicted octanol–water partition coefficient (Wildman–Crippen LogP) is 3.22. The third-order valence-corrected chi connectivity index (χ3v) is 5.18. The Morgan fingerprint density at radius 2 is 2.14 bits per heavy atom. The Hall–Kier alpha value is -1.88. The number of aromatic nitrogens is 1. The van der Waals surface area contributed by atoms with Gasteiger partial charge in [0, 0.05) is 23.5 Å². The van der Waals surface area contributed by atoms with Crippen LogP contribution in [0.15, 0.2) is 23.2 Å². The van der Waals surface area contributed by atoms with Gasteiger partial charge in [-0.25, -0.2) is 4.98 Å². The number of benzene rings is 1. The molecule has 1 aliphatic carbocycles. The summed E-state index contributed by atoms with van der Waals surface area (Å²) in [4.78, 5) is 10.2. The second-order valence-electron chi connectivity index (χ2n) is 5.73. The number of aliphatic imine (C=N–C) groups is 1. The monoisotopic (exact) mass is 314 g/mol. The van der Waals surface area contributed by atoms with Gasteiger partial charge in [-0.3, -0.25) is 4.99 Å². The summed E-state index contributed by atoms with van der Waals surface area (Å²) in [6, 6.07) is 6.47. The molecule has 0 fully saturated rings. The maximum atomic E-state index is 5.97. The minimum Gasteiger partial charge on any atom is -0.370 e. The Morgan fingerprint density at radius 3 is 2.91 bits per heavy atom. The van der Waals surface area contributed by atoms with E-state index in [1.807, 2.05) is 6.92 Å². The van der Waals surface area contributed by atoms with E-state index in [2.05, 4.69) is 40.4 Å². The highest BCUT2D eigenvalue weighted by molar-refractivity contribution is 7.11. The topological polar surface area (TPSA) is 63.3 Å². The number of fused-ring (bicyclic) bond motifs is 1. The number of aryl methyl sites for hydroxylation is 4. The molecule has 22 heavy (non-hydrogen) atoms. The molecule has 0 atom stereocenters.